The highest BCUT2D eigenvalue weighted by atomic mass is 32.2. The van der Waals surface area contributed by atoms with Gasteiger partial charge in [0.15, 0.2) is 0 Å². The van der Waals surface area contributed by atoms with Gasteiger partial charge >= 0.3 is 0 Å². The number of hydrogen-bond acceptors (Lipinski definition) is 4. The predicted octanol–water partition coefficient (Wildman–Crippen LogP) is 3.10. The minimum Gasteiger partial charge on any atom is -0.349 e. The molecule has 8 heteroatoms. The monoisotopic (exact) mass is 407 g/mol. The first-order chi connectivity index (χ1) is 13.9. The standard InChI is InChI=1S/C21H17N3O4S/c25-20(22-12-8-9-12)13-4-1-2-7-16(13)24-29(27,28)18-11-10-17-19-14(18)5-3-6-15(19)21(26)23-17/h1-7,10-12,24H,8-9H2,(H,22,25)(H,23,26). The summed E-state index contributed by atoms with van der Waals surface area (Å²) in [5, 5.41) is 6.65. The molecule has 1 saturated carbocycles. The molecule has 3 aromatic carbocycles. The first-order valence-electron chi connectivity index (χ1n) is 9.24. The Morgan fingerprint density at radius 2 is 1.79 bits per heavy atom. The molecular weight excluding hydrogens is 390 g/mol. The number of carbonyl (C=O) groups excluding carboxylic acids is 2. The van der Waals surface area contributed by atoms with Crippen molar-refractivity contribution in [1.29, 1.82) is 0 Å². The zero-order valence-electron chi connectivity index (χ0n) is 15.2. The fourth-order valence-corrected chi connectivity index (χ4v) is 4.84. The maximum Gasteiger partial charge on any atom is 0.262 e. The van der Waals surface area contributed by atoms with Crippen LogP contribution < -0.4 is 15.4 Å². The Balaban J connectivity index is 1.56. The number of para-hydroxylation sites is 1. The van der Waals surface area contributed by atoms with Gasteiger partial charge in [0.2, 0.25) is 0 Å². The van der Waals surface area contributed by atoms with Crippen LogP contribution in [0.25, 0.3) is 10.8 Å². The third-order valence-corrected chi connectivity index (χ3v) is 6.54. The highest BCUT2D eigenvalue weighted by Crippen LogP contribution is 2.37. The second-order valence-corrected chi connectivity index (χ2v) is 8.84. The van der Waals surface area contributed by atoms with Gasteiger partial charge in [-0.1, -0.05) is 24.3 Å². The molecule has 0 saturated heterocycles. The van der Waals surface area contributed by atoms with Crippen molar-refractivity contribution < 1.29 is 18.0 Å². The van der Waals surface area contributed by atoms with Gasteiger partial charge in [-0.3, -0.25) is 14.3 Å². The highest BCUT2D eigenvalue weighted by molar-refractivity contribution is 7.93. The summed E-state index contributed by atoms with van der Waals surface area (Å²) < 4.78 is 28.9. The third kappa shape index (κ3) is 3.01. The van der Waals surface area contributed by atoms with E-state index in [9.17, 15) is 18.0 Å². The average molecular weight is 407 g/mol. The van der Waals surface area contributed by atoms with Gasteiger partial charge in [0, 0.05) is 28.1 Å². The zero-order valence-corrected chi connectivity index (χ0v) is 16.0. The van der Waals surface area contributed by atoms with Crippen LogP contribution >= 0.6 is 0 Å². The second kappa shape index (κ2) is 6.31. The van der Waals surface area contributed by atoms with Crippen molar-refractivity contribution in [1.82, 2.24) is 5.32 Å². The lowest BCUT2D eigenvalue weighted by Crippen LogP contribution is -2.27. The molecule has 2 aliphatic rings. The van der Waals surface area contributed by atoms with Crippen LogP contribution in [0.2, 0.25) is 0 Å². The van der Waals surface area contributed by atoms with E-state index in [0.717, 1.165) is 12.8 Å². The smallest absolute Gasteiger partial charge is 0.262 e. The quantitative estimate of drug-likeness (QED) is 0.604. The number of carbonyl (C=O) groups is 2. The van der Waals surface area contributed by atoms with Crippen molar-refractivity contribution in [2.75, 3.05) is 10.0 Å². The lowest BCUT2D eigenvalue weighted by molar-refractivity contribution is 0.0951. The van der Waals surface area contributed by atoms with E-state index in [4.69, 9.17) is 0 Å². The normalized spacial score (nSPS) is 15.2. The van der Waals surface area contributed by atoms with Gasteiger partial charge in [0.05, 0.1) is 16.1 Å². The maximum absolute atomic E-state index is 13.2. The van der Waals surface area contributed by atoms with E-state index in [1.807, 2.05) is 0 Å². The number of nitrogens with one attached hydrogen (secondary N) is 3. The van der Waals surface area contributed by atoms with Crippen LogP contribution in [0.3, 0.4) is 0 Å². The van der Waals surface area contributed by atoms with Crippen molar-refractivity contribution in [2.24, 2.45) is 0 Å². The summed E-state index contributed by atoms with van der Waals surface area (Å²) in [6.45, 7) is 0. The van der Waals surface area contributed by atoms with Crippen LogP contribution in [-0.2, 0) is 10.0 Å². The van der Waals surface area contributed by atoms with E-state index in [0.29, 0.717) is 22.0 Å². The van der Waals surface area contributed by atoms with E-state index in [2.05, 4.69) is 15.4 Å². The van der Waals surface area contributed by atoms with Crippen LogP contribution in [0.4, 0.5) is 11.4 Å². The third-order valence-electron chi connectivity index (χ3n) is 5.11. The molecule has 0 unspecified atom stereocenters. The summed E-state index contributed by atoms with van der Waals surface area (Å²) >= 11 is 0. The SMILES string of the molecule is O=C(NC1CC1)c1ccccc1NS(=O)(=O)c1ccc2c3c(cccc13)C(=O)N2. The van der Waals surface area contributed by atoms with E-state index < -0.39 is 10.0 Å². The summed E-state index contributed by atoms with van der Waals surface area (Å²) in [4.78, 5) is 24.6. The van der Waals surface area contributed by atoms with Crippen LogP contribution in [-0.4, -0.2) is 26.3 Å². The number of amides is 2. The topological polar surface area (TPSA) is 104 Å². The number of hydrogen-bond donors (Lipinski definition) is 3. The van der Waals surface area contributed by atoms with Gasteiger partial charge in [0.1, 0.15) is 0 Å². The first-order valence-corrected chi connectivity index (χ1v) is 10.7. The molecule has 5 rings (SSSR count). The molecule has 1 aliphatic carbocycles. The average Bonchev–Trinajstić information content (AvgIpc) is 3.45. The fraction of sp³-hybridized carbons (Fsp3) is 0.143. The molecule has 3 aromatic rings. The van der Waals surface area contributed by atoms with Crippen LogP contribution in [0.15, 0.2) is 59.5 Å². The molecule has 0 radical (unpaired) electrons. The number of sulfonamides is 1. The van der Waals surface area contributed by atoms with E-state index in [1.54, 1.807) is 48.5 Å². The molecule has 7 nitrogen and oxygen atoms in total. The number of anilines is 2. The summed E-state index contributed by atoms with van der Waals surface area (Å²) in [5.41, 5.74) is 1.51. The largest absolute Gasteiger partial charge is 0.349 e. The molecule has 29 heavy (non-hydrogen) atoms. The van der Waals surface area contributed by atoms with Crippen LogP contribution in [0.5, 0.6) is 0 Å². The van der Waals surface area contributed by atoms with Crippen LogP contribution in [0, 0.1) is 0 Å². The molecule has 2 amide bonds. The van der Waals surface area contributed by atoms with Gasteiger partial charge in [-0.25, -0.2) is 8.42 Å². The minimum atomic E-state index is -4.00. The van der Waals surface area contributed by atoms with Crippen molar-refractivity contribution >= 4 is 44.0 Å². The molecule has 0 bridgehead atoms. The molecule has 1 fully saturated rings. The van der Waals surface area contributed by atoms with Gasteiger partial charge in [-0.15, -0.1) is 0 Å². The van der Waals surface area contributed by atoms with Crippen LogP contribution in [0.1, 0.15) is 33.6 Å². The van der Waals surface area contributed by atoms with E-state index >= 15 is 0 Å². The summed E-state index contributed by atoms with van der Waals surface area (Å²) in [6, 6.07) is 14.7. The van der Waals surface area contributed by atoms with Gasteiger partial charge in [0.25, 0.3) is 21.8 Å². The Morgan fingerprint density at radius 3 is 2.59 bits per heavy atom. The zero-order chi connectivity index (χ0) is 20.2. The highest BCUT2D eigenvalue weighted by Gasteiger charge is 2.28. The summed E-state index contributed by atoms with van der Waals surface area (Å²) in [7, 11) is -4.00. The first kappa shape index (κ1) is 17.7. The van der Waals surface area contributed by atoms with Gasteiger partial charge in [-0.05, 0) is 43.2 Å². The number of rotatable bonds is 5. The van der Waals surface area contributed by atoms with Crippen molar-refractivity contribution in [3.63, 3.8) is 0 Å². The Labute approximate surface area is 167 Å². The van der Waals surface area contributed by atoms with Crippen molar-refractivity contribution in [3.05, 3.63) is 65.7 Å². The molecule has 3 N–H and O–H groups in total. The predicted molar refractivity (Wildman–Crippen MR) is 110 cm³/mol. The molecule has 1 aliphatic heterocycles. The lowest BCUT2D eigenvalue weighted by Gasteiger charge is -2.14. The minimum absolute atomic E-state index is 0.0482. The maximum atomic E-state index is 13.2. The lowest BCUT2D eigenvalue weighted by atomic mass is 10.1. The van der Waals surface area contributed by atoms with Gasteiger partial charge in [-0.2, -0.15) is 0 Å². The Morgan fingerprint density at radius 1 is 1.00 bits per heavy atom. The van der Waals surface area contributed by atoms with Crippen molar-refractivity contribution in [3.8, 4) is 0 Å². The molecule has 0 aromatic heterocycles. The molecular formula is C21H17N3O4S. The second-order valence-electron chi connectivity index (χ2n) is 7.19. The Hall–Kier alpha value is -3.39. The van der Waals surface area contributed by atoms with E-state index in [1.165, 1.54) is 6.07 Å². The molecule has 0 atom stereocenters. The molecule has 1 heterocycles. The Bertz CT molecular complexity index is 1300. The molecule has 0 spiro atoms. The van der Waals surface area contributed by atoms with Crippen molar-refractivity contribution in [2.45, 2.75) is 23.8 Å². The Kier molecular flexibility index (Phi) is 3.85. The van der Waals surface area contributed by atoms with E-state index in [-0.39, 0.29) is 34.0 Å². The summed E-state index contributed by atoms with van der Waals surface area (Å²) in [5.74, 6) is -0.559. The van der Waals surface area contributed by atoms with Gasteiger partial charge < -0.3 is 10.6 Å². The number of benzene rings is 3. The molecule has 146 valence electrons. The fourth-order valence-electron chi connectivity index (χ4n) is 3.56. The summed E-state index contributed by atoms with van der Waals surface area (Å²) in [6.07, 6.45) is 1.88.